The van der Waals surface area contributed by atoms with Gasteiger partial charge in [-0.05, 0) is 18.1 Å². The molecule has 2 rings (SSSR count). The van der Waals surface area contributed by atoms with E-state index in [2.05, 4.69) is 10.3 Å². The number of H-pyrrole nitrogens is 1. The average molecular weight is 292 g/mol. The number of nitrogen functional groups attached to an aromatic ring is 1. The molecule has 0 aromatic carbocycles. The second-order valence-corrected chi connectivity index (χ2v) is 5.28. The number of furan rings is 1. The normalized spacial score (nSPS) is 11.0. The van der Waals surface area contributed by atoms with Gasteiger partial charge in [0, 0.05) is 19.5 Å². The lowest BCUT2D eigenvalue weighted by Gasteiger charge is -2.15. The fourth-order valence-corrected chi connectivity index (χ4v) is 2.07. The van der Waals surface area contributed by atoms with Crippen LogP contribution in [-0.4, -0.2) is 16.1 Å². The quantitative estimate of drug-likeness (QED) is 0.737. The highest BCUT2D eigenvalue weighted by atomic mass is 16.3. The minimum absolute atomic E-state index is 0.164. The second-order valence-electron chi connectivity index (χ2n) is 5.28. The summed E-state index contributed by atoms with van der Waals surface area (Å²) in [6.45, 7) is 4.89. The lowest BCUT2D eigenvalue weighted by Crippen LogP contribution is -2.35. The molecule has 0 radical (unpaired) electrons. The molecule has 0 aliphatic rings. The number of nitrogens with two attached hydrogens (primary N) is 1. The summed E-state index contributed by atoms with van der Waals surface area (Å²) in [7, 11) is 0. The minimum atomic E-state index is -0.503. The van der Waals surface area contributed by atoms with Crippen molar-refractivity contribution < 1.29 is 4.42 Å². The molecule has 7 nitrogen and oxygen atoms in total. The number of aromatic amines is 1. The van der Waals surface area contributed by atoms with Gasteiger partial charge in [0.1, 0.15) is 17.3 Å². The smallest absolute Gasteiger partial charge is 0.330 e. The number of hydrogen-bond acceptors (Lipinski definition) is 5. The summed E-state index contributed by atoms with van der Waals surface area (Å²) in [6, 6.07) is 3.66. The minimum Gasteiger partial charge on any atom is -0.469 e. The number of anilines is 2. The largest absolute Gasteiger partial charge is 0.469 e. The maximum Gasteiger partial charge on any atom is 0.330 e. The van der Waals surface area contributed by atoms with E-state index in [0.29, 0.717) is 19.5 Å². The molecule has 21 heavy (non-hydrogen) atoms. The van der Waals surface area contributed by atoms with Crippen LogP contribution in [0.1, 0.15) is 19.6 Å². The van der Waals surface area contributed by atoms with Crippen LogP contribution in [0, 0.1) is 5.92 Å². The molecule has 0 aliphatic carbocycles. The molecule has 4 N–H and O–H groups in total. The monoisotopic (exact) mass is 292 g/mol. The first-order chi connectivity index (χ1) is 9.99. The molecule has 0 bridgehead atoms. The van der Waals surface area contributed by atoms with Gasteiger partial charge in [0.15, 0.2) is 0 Å². The van der Waals surface area contributed by atoms with Gasteiger partial charge in [-0.25, -0.2) is 4.79 Å². The molecular weight excluding hydrogens is 272 g/mol. The van der Waals surface area contributed by atoms with Crippen LogP contribution in [-0.2, 0) is 13.0 Å². The van der Waals surface area contributed by atoms with Crippen LogP contribution >= 0.6 is 0 Å². The van der Waals surface area contributed by atoms with E-state index in [0.717, 1.165) is 5.76 Å². The summed E-state index contributed by atoms with van der Waals surface area (Å²) in [6.07, 6.45) is 2.22. The van der Waals surface area contributed by atoms with Crippen molar-refractivity contribution in [2.45, 2.75) is 26.8 Å². The zero-order valence-electron chi connectivity index (χ0n) is 12.2. The van der Waals surface area contributed by atoms with Crippen molar-refractivity contribution in [2.24, 2.45) is 5.92 Å². The zero-order chi connectivity index (χ0) is 15.4. The van der Waals surface area contributed by atoms with Crippen molar-refractivity contribution in [1.29, 1.82) is 0 Å². The fraction of sp³-hybridized carbons (Fsp3) is 0.429. The Kier molecular flexibility index (Phi) is 4.52. The Hall–Kier alpha value is -2.44. The van der Waals surface area contributed by atoms with Crippen molar-refractivity contribution in [1.82, 2.24) is 9.55 Å². The summed E-state index contributed by atoms with van der Waals surface area (Å²) in [5.74, 6) is 1.22. The number of rotatable bonds is 6. The third-order valence-corrected chi connectivity index (χ3v) is 3.04. The Bertz CT molecular complexity index is 698. The lowest BCUT2D eigenvalue weighted by atomic mass is 10.2. The van der Waals surface area contributed by atoms with E-state index in [1.807, 2.05) is 19.9 Å². The van der Waals surface area contributed by atoms with Gasteiger partial charge in [-0.1, -0.05) is 13.8 Å². The van der Waals surface area contributed by atoms with Crippen molar-refractivity contribution in [3.8, 4) is 0 Å². The van der Waals surface area contributed by atoms with Crippen LogP contribution in [0.3, 0.4) is 0 Å². The Labute approximate surface area is 121 Å². The molecule has 2 aromatic heterocycles. The predicted octanol–water partition coefficient (Wildman–Crippen LogP) is 1.02. The molecule has 0 unspecified atom stereocenters. The summed E-state index contributed by atoms with van der Waals surface area (Å²) in [5, 5.41) is 2.97. The maximum atomic E-state index is 11.9. The number of hydrogen-bond donors (Lipinski definition) is 3. The third-order valence-electron chi connectivity index (χ3n) is 3.04. The van der Waals surface area contributed by atoms with E-state index in [9.17, 15) is 9.59 Å². The molecule has 0 spiro atoms. The molecule has 7 heteroatoms. The van der Waals surface area contributed by atoms with E-state index in [1.54, 1.807) is 12.3 Å². The van der Waals surface area contributed by atoms with Gasteiger partial charge in [-0.15, -0.1) is 0 Å². The van der Waals surface area contributed by atoms with E-state index >= 15 is 0 Å². The van der Waals surface area contributed by atoms with Crippen molar-refractivity contribution in [3.05, 3.63) is 45.0 Å². The van der Waals surface area contributed by atoms with Crippen LogP contribution in [0.2, 0.25) is 0 Å². The van der Waals surface area contributed by atoms with Crippen LogP contribution in [0.4, 0.5) is 11.5 Å². The van der Waals surface area contributed by atoms with Crippen molar-refractivity contribution in [3.63, 3.8) is 0 Å². The van der Waals surface area contributed by atoms with Crippen LogP contribution in [0.25, 0.3) is 0 Å². The first-order valence-corrected chi connectivity index (χ1v) is 6.88. The first-order valence-electron chi connectivity index (χ1n) is 6.88. The molecule has 2 heterocycles. The highest BCUT2D eigenvalue weighted by Crippen LogP contribution is 2.12. The molecule has 0 saturated carbocycles. The highest BCUT2D eigenvalue weighted by Gasteiger charge is 2.12. The van der Waals surface area contributed by atoms with Crippen molar-refractivity contribution in [2.75, 3.05) is 17.6 Å². The highest BCUT2D eigenvalue weighted by molar-refractivity contribution is 5.60. The molecular formula is C14H20N4O3. The molecule has 0 amide bonds. The number of nitrogens with zero attached hydrogens (tertiary/aromatic N) is 1. The van der Waals surface area contributed by atoms with Crippen LogP contribution in [0.5, 0.6) is 0 Å². The number of aromatic nitrogens is 2. The predicted molar refractivity (Wildman–Crippen MR) is 81.5 cm³/mol. The molecule has 2 aromatic rings. The Morgan fingerprint density at radius 1 is 1.43 bits per heavy atom. The summed E-state index contributed by atoms with van der Waals surface area (Å²) in [4.78, 5) is 25.9. The second kappa shape index (κ2) is 6.34. The van der Waals surface area contributed by atoms with Gasteiger partial charge in [-0.2, -0.15) is 0 Å². The first kappa shape index (κ1) is 15.0. The van der Waals surface area contributed by atoms with Gasteiger partial charge in [0.25, 0.3) is 5.56 Å². The van der Waals surface area contributed by atoms with E-state index in [4.69, 9.17) is 10.2 Å². The topological polar surface area (TPSA) is 106 Å². The molecule has 0 fully saturated rings. The van der Waals surface area contributed by atoms with Gasteiger partial charge >= 0.3 is 5.69 Å². The molecule has 0 atom stereocenters. The fourth-order valence-electron chi connectivity index (χ4n) is 2.07. The van der Waals surface area contributed by atoms with Gasteiger partial charge < -0.3 is 15.5 Å². The Morgan fingerprint density at radius 2 is 2.19 bits per heavy atom. The van der Waals surface area contributed by atoms with E-state index < -0.39 is 11.2 Å². The lowest BCUT2D eigenvalue weighted by molar-refractivity contribution is 0.507. The SMILES string of the molecule is CC(C)Cn1c(N)c(NCCc2ccco2)c(=O)[nH]c1=O. The maximum absolute atomic E-state index is 11.9. The van der Waals surface area contributed by atoms with E-state index in [-0.39, 0.29) is 17.4 Å². The van der Waals surface area contributed by atoms with Gasteiger partial charge in [0.05, 0.1) is 6.26 Å². The summed E-state index contributed by atoms with van der Waals surface area (Å²) in [5.41, 5.74) is 5.19. The average Bonchev–Trinajstić information content (AvgIpc) is 2.91. The van der Waals surface area contributed by atoms with Crippen molar-refractivity contribution >= 4 is 11.5 Å². The third kappa shape index (κ3) is 3.56. The van der Waals surface area contributed by atoms with Gasteiger partial charge in [-0.3, -0.25) is 14.3 Å². The molecule has 0 saturated heterocycles. The molecule has 0 aliphatic heterocycles. The molecule has 114 valence electrons. The summed E-state index contributed by atoms with van der Waals surface area (Å²) >= 11 is 0. The Balaban J connectivity index is 2.18. The van der Waals surface area contributed by atoms with Gasteiger partial charge in [0.2, 0.25) is 0 Å². The number of nitrogens with one attached hydrogen (secondary N) is 2. The Morgan fingerprint density at radius 3 is 2.81 bits per heavy atom. The van der Waals surface area contributed by atoms with Crippen LogP contribution < -0.4 is 22.3 Å². The van der Waals surface area contributed by atoms with E-state index in [1.165, 1.54) is 4.57 Å². The zero-order valence-corrected chi connectivity index (χ0v) is 12.2. The standard InChI is InChI=1S/C14H20N4O3/c1-9(2)8-18-12(15)11(13(19)17-14(18)20)16-6-5-10-4-3-7-21-10/h3-4,7,9,16H,5-6,8,15H2,1-2H3,(H,17,19,20). The van der Waals surface area contributed by atoms with Crippen LogP contribution in [0.15, 0.2) is 32.4 Å². The summed E-state index contributed by atoms with van der Waals surface area (Å²) < 4.78 is 6.59.